The summed E-state index contributed by atoms with van der Waals surface area (Å²) in [5, 5.41) is 10.8. The lowest BCUT2D eigenvalue weighted by molar-refractivity contribution is -0.386. The van der Waals surface area contributed by atoms with E-state index < -0.39 is 22.2 Å². The molecule has 0 aliphatic carbocycles. The molecule has 0 saturated heterocycles. The maximum atomic E-state index is 13.8. The van der Waals surface area contributed by atoms with E-state index in [1.54, 1.807) is 0 Å². The van der Waals surface area contributed by atoms with Gasteiger partial charge in [-0.05, 0) is 18.2 Å². The second-order valence-electron chi connectivity index (χ2n) is 3.89. The summed E-state index contributed by atoms with van der Waals surface area (Å²) >= 11 is 3.13. The predicted molar refractivity (Wildman–Crippen MR) is 73.8 cm³/mol. The largest absolute Gasteiger partial charge is 0.490 e. The van der Waals surface area contributed by atoms with Gasteiger partial charge in [0.25, 0.3) is 0 Å². The summed E-state index contributed by atoms with van der Waals surface area (Å²) in [6, 6.07) is 5.55. The van der Waals surface area contributed by atoms with Crippen LogP contribution in [0.2, 0.25) is 0 Å². The Morgan fingerprint density at radius 3 is 2.38 bits per heavy atom. The number of hydrogen-bond acceptors (Lipinski definition) is 4. The van der Waals surface area contributed by atoms with Crippen LogP contribution in [0.15, 0.2) is 34.8 Å². The van der Waals surface area contributed by atoms with Gasteiger partial charge in [0.1, 0.15) is 0 Å². The fraction of sp³-hybridized carbons (Fsp3) is 0.0769. The van der Waals surface area contributed by atoms with Crippen molar-refractivity contribution in [2.45, 2.75) is 0 Å². The number of hydrogen-bond donors (Lipinski definition) is 0. The van der Waals surface area contributed by atoms with Crippen molar-refractivity contribution in [3.63, 3.8) is 0 Å². The first-order chi connectivity index (χ1) is 9.92. The molecule has 2 rings (SSSR count). The normalized spacial score (nSPS) is 10.3. The van der Waals surface area contributed by atoms with Crippen LogP contribution in [-0.2, 0) is 0 Å². The Labute approximate surface area is 126 Å². The Morgan fingerprint density at radius 2 is 1.76 bits per heavy atom. The second-order valence-corrected chi connectivity index (χ2v) is 4.80. The molecule has 5 nitrogen and oxygen atoms in total. The van der Waals surface area contributed by atoms with E-state index in [-0.39, 0.29) is 17.2 Å². The number of halogens is 3. The van der Waals surface area contributed by atoms with Crippen molar-refractivity contribution in [1.29, 1.82) is 0 Å². The Balaban J connectivity index is 2.45. The molecule has 0 N–H and O–H groups in total. The van der Waals surface area contributed by atoms with Gasteiger partial charge in [0.15, 0.2) is 23.1 Å². The van der Waals surface area contributed by atoms with E-state index in [1.807, 2.05) is 0 Å². The minimum atomic E-state index is -0.998. The van der Waals surface area contributed by atoms with Crippen LogP contribution in [-0.4, -0.2) is 12.0 Å². The fourth-order valence-corrected chi connectivity index (χ4v) is 1.92. The average Bonchev–Trinajstić information content (AvgIpc) is 2.44. The molecule has 0 aliphatic heterocycles. The summed E-state index contributed by atoms with van der Waals surface area (Å²) in [5.41, 5.74) is -0.544. The number of methoxy groups -OCH3 is 1. The number of rotatable bonds is 4. The van der Waals surface area contributed by atoms with E-state index >= 15 is 0 Å². The van der Waals surface area contributed by atoms with Crippen molar-refractivity contribution in [3.8, 4) is 17.2 Å². The van der Waals surface area contributed by atoms with Gasteiger partial charge in [0.05, 0.1) is 18.1 Å². The zero-order chi connectivity index (χ0) is 15.6. The van der Waals surface area contributed by atoms with E-state index in [9.17, 15) is 18.9 Å². The van der Waals surface area contributed by atoms with Gasteiger partial charge >= 0.3 is 5.69 Å². The SMILES string of the molecule is COc1cc(Oc2cc(Br)ccc2F)c(F)cc1[N+](=O)[O-]. The van der Waals surface area contributed by atoms with Crippen LogP contribution >= 0.6 is 15.9 Å². The summed E-state index contributed by atoms with van der Waals surface area (Å²) in [5.74, 6) is -2.49. The summed E-state index contributed by atoms with van der Waals surface area (Å²) in [4.78, 5) is 9.97. The molecule has 0 aromatic heterocycles. The molecule has 21 heavy (non-hydrogen) atoms. The highest BCUT2D eigenvalue weighted by atomic mass is 79.9. The number of nitro groups is 1. The molecule has 0 atom stereocenters. The highest BCUT2D eigenvalue weighted by molar-refractivity contribution is 9.10. The van der Waals surface area contributed by atoms with E-state index in [0.717, 1.165) is 12.1 Å². The molecule has 0 spiro atoms. The van der Waals surface area contributed by atoms with Crippen LogP contribution in [0.4, 0.5) is 14.5 Å². The predicted octanol–water partition coefficient (Wildman–Crippen LogP) is 4.44. The summed E-state index contributed by atoms with van der Waals surface area (Å²) in [6.45, 7) is 0. The second kappa shape index (κ2) is 6.04. The third-order valence-corrected chi connectivity index (χ3v) is 3.04. The van der Waals surface area contributed by atoms with Crippen LogP contribution < -0.4 is 9.47 Å². The van der Waals surface area contributed by atoms with E-state index in [1.165, 1.54) is 19.2 Å². The van der Waals surface area contributed by atoms with E-state index in [0.29, 0.717) is 10.5 Å². The molecule has 0 amide bonds. The fourth-order valence-electron chi connectivity index (χ4n) is 1.58. The minimum absolute atomic E-state index is 0.188. The van der Waals surface area contributed by atoms with Crippen molar-refractivity contribution in [2.75, 3.05) is 7.11 Å². The quantitative estimate of drug-likeness (QED) is 0.598. The Morgan fingerprint density at radius 1 is 1.10 bits per heavy atom. The Kier molecular flexibility index (Phi) is 4.37. The molecule has 110 valence electrons. The maximum absolute atomic E-state index is 13.8. The van der Waals surface area contributed by atoms with Crippen LogP contribution in [0.1, 0.15) is 0 Å². The zero-order valence-electron chi connectivity index (χ0n) is 10.6. The number of benzene rings is 2. The Bertz CT molecular complexity index is 709. The van der Waals surface area contributed by atoms with Gasteiger partial charge < -0.3 is 9.47 Å². The van der Waals surface area contributed by atoms with Crippen molar-refractivity contribution in [3.05, 3.63) is 56.6 Å². The molecule has 0 radical (unpaired) electrons. The lowest BCUT2D eigenvalue weighted by Crippen LogP contribution is -1.98. The van der Waals surface area contributed by atoms with E-state index in [4.69, 9.17) is 9.47 Å². The maximum Gasteiger partial charge on any atom is 0.314 e. The molecular weight excluding hydrogens is 352 g/mol. The number of nitro benzene ring substituents is 1. The van der Waals surface area contributed by atoms with Crippen molar-refractivity contribution >= 4 is 21.6 Å². The lowest BCUT2D eigenvalue weighted by Gasteiger charge is -2.10. The van der Waals surface area contributed by atoms with Crippen LogP contribution in [0.5, 0.6) is 17.2 Å². The van der Waals surface area contributed by atoms with Gasteiger partial charge in [-0.1, -0.05) is 15.9 Å². The van der Waals surface area contributed by atoms with Crippen LogP contribution in [0, 0.1) is 21.7 Å². The van der Waals surface area contributed by atoms with Crippen LogP contribution in [0.25, 0.3) is 0 Å². The van der Waals surface area contributed by atoms with Crippen molar-refractivity contribution in [1.82, 2.24) is 0 Å². The van der Waals surface area contributed by atoms with Crippen molar-refractivity contribution < 1.29 is 23.2 Å². The molecular formula is C13H8BrF2NO4. The molecule has 0 bridgehead atoms. The van der Waals surface area contributed by atoms with E-state index in [2.05, 4.69) is 15.9 Å². The van der Waals surface area contributed by atoms with Gasteiger partial charge in [0, 0.05) is 10.5 Å². The molecule has 0 fully saturated rings. The minimum Gasteiger partial charge on any atom is -0.490 e. The summed E-state index contributed by atoms with van der Waals surface area (Å²) < 4.78 is 37.8. The summed E-state index contributed by atoms with van der Waals surface area (Å²) in [6.07, 6.45) is 0. The van der Waals surface area contributed by atoms with Crippen molar-refractivity contribution in [2.24, 2.45) is 0 Å². The lowest BCUT2D eigenvalue weighted by atomic mass is 10.2. The molecule has 8 heteroatoms. The summed E-state index contributed by atoms with van der Waals surface area (Å²) in [7, 11) is 1.20. The van der Waals surface area contributed by atoms with Gasteiger partial charge in [-0.15, -0.1) is 0 Å². The molecule has 0 unspecified atom stereocenters. The first kappa shape index (κ1) is 15.2. The standard InChI is InChI=1S/C13H8BrF2NO4/c1-20-13-6-12(9(16)5-10(13)17(18)19)21-11-4-7(14)2-3-8(11)15/h2-6H,1H3. The van der Waals surface area contributed by atoms with Gasteiger partial charge in [0.2, 0.25) is 5.75 Å². The first-order valence-corrected chi connectivity index (χ1v) is 6.36. The van der Waals surface area contributed by atoms with Gasteiger partial charge in [-0.25, -0.2) is 8.78 Å². The molecule has 0 saturated carbocycles. The topological polar surface area (TPSA) is 61.6 Å². The van der Waals surface area contributed by atoms with Crippen LogP contribution in [0.3, 0.4) is 0 Å². The van der Waals surface area contributed by atoms with Gasteiger partial charge in [-0.2, -0.15) is 0 Å². The average molecular weight is 360 g/mol. The number of nitrogens with zero attached hydrogens (tertiary/aromatic N) is 1. The zero-order valence-corrected chi connectivity index (χ0v) is 12.2. The highest BCUT2D eigenvalue weighted by Crippen LogP contribution is 2.36. The molecule has 0 heterocycles. The van der Waals surface area contributed by atoms with Gasteiger partial charge in [-0.3, -0.25) is 10.1 Å². The molecule has 2 aromatic rings. The smallest absolute Gasteiger partial charge is 0.314 e. The number of ether oxygens (including phenoxy) is 2. The first-order valence-electron chi connectivity index (χ1n) is 5.57. The molecule has 2 aromatic carbocycles. The molecule has 0 aliphatic rings. The Hall–Kier alpha value is -2.22. The monoisotopic (exact) mass is 359 g/mol. The third kappa shape index (κ3) is 3.27. The third-order valence-electron chi connectivity index (χ3n) is 2.54. The highest BCUT2D eigenvalue weighted by Gasteiger charge is 2.21.